The summed E-state index contributed by atoms with van der Waals surface area (Å²) < 4.78 is 23.1. The first-order valence-corrected chi connectivity index (χ1v) is 11.9. The molecule has 1 atom stereocenters. The lowest BCUT2D eigenvalue weighted by atomic mass is 10.1. The summed E-state index contributed by atoms with van der Waals surface area (Å²) in [6, 6.07) is 15.3. The zero-order valence-corrected chi connectivity index (χ0v) is 18.3. The van der Waals surface area contributed by atoms with E-state index >= 15 is 0 Å². The predicted octanol–water partition coefficient (Wildman–Crippen LogP) is 2.73. The van der Waals surface area contributed by atoms with Gasteiger partial charge in [-0.05, 0) is 48.7 Å². The maximum Gasteiger partial charge on any atom is 0.191 e. The first kappa shape index (κ1) is 21.5. The smallest absolute Gasteiger partial charge is 0.191 e. The van der Waals surface area contributed by atoms with Gasteiger partial charge in [0.05, 0.1) is 4.90 Å². The monoisotopic (exact) mass is 434 g/mol. The molecular weight excluding hydrogens is 408 g/mol. The Kier molecular flexibility index (Phi) is 7.03. The highest BCUT2D eigenvalue weighted by Crippen LogP contribution is 2.23. The second kappa shape index (κ2) is 9.50. The van der Waals surface area contributed by atoms with E-state index in [0.29, 0.717) is 17.5 Å². The van der Waals surface area contributed by atoms with Crippen LogP contribution in [0.4, 0.5) is 5.69 Å². The molecule has 2 N–H and O–H groups in total. The van der Waals surface area contributed by atoms with Gasteiger partial charge >= 0.3 is 0 Å². The summed E-state index contributed by atoms with van der Waals surface area (Å²) in [6.07, 6.45) is 3.03. The molecule has 2 aromatic carbocycles. The van der Waals surface area contributed by atoms with Crippen LogP contribution in [0.25, 0.3) is 0 Å². The van der Waals surface area contributed by atoms with Crippen LogP contribution in [0.1, 0.15) is 12.0 Å². The van der Waals surface area contributed by atoms with Gasteiger partial charge in [-0.2, -0.15) is 0 Å². The normalized spacial score (nSPS) is 17.4. The number of halogens is 1. The van der Waals surface area contributed by atoms with Gasteiger partial charge in [-0.15, -0.1) is 0 Å². The van der Waals surface area contributed by atoms with Gasteiger partial charge in [0, 0.05) is 49.7 Å². The van der Waals surface area contributed by atoms with Crippen LogP contribution < -0.4 is 15.5 Å². The quantitative estimate of drug-likeness (QED) is 0.540. The minimum atomic E-state index is -3.15. The van der Waals surface area contributed by atoms with E-state index < -0.39 is 9.84 Å². The number of sulfone groups is 1. The Labute approximate surface area is 177 Å². The molecule has 0 bridgehead atoms. The summed E-state index contributed by atoms with van der Waals surface area (Å²) in [7, 11) is -1.39. The van der Waals surface area contributed by atoms with Gasteiger partial charge in [-0.25, -0.2) is 8.42 Å². The molecule has 0 spiro atoms. The van der Waals surface area contributed by atoms with Gasteiger partial charge in [-0.3, -0.25) is 4.99 Å². The molecule has 0 radical (unpaired) electrons. The number of benzene rings is 2. The van der Waals surface area contributed by atoms with Crippen LogP contribution in [-0.2, 0) is 16.3 Å². The molecule has 29 heavy (non-hydrogen) atoms. The fraction of sp³-hybridized carbons (Fsp3) is 0.381. The lowest BCUT2D eigenvalue weighted by molar-refractivity contribution is 0.602. The molecule has 1 heterocycles. The van der Waals surface area contributed by atoms with Crippen molar-refractivity contribution < 1.29 is 8.42 Å². The zero-order chi connectivity index (χ0) is 20.9. The van der Waals surface area contributed by atoms with Crippen molar-refractivity contribution in [1.82, 2.24) is 10.6 Å². The van der Waals surface area contributed by atoms with Crippen LogP contribution in [0.15, 0.2) is 58.4 Å². The summed E-state index contributed by atoms with van der Waals surface area (Å²) in [4.78, 5) is 6.98. The van der Waals surface area contributed by atoms with Crippen molar-refractivity contribution in [2.24, 2.45) is 4.99 Å². The summed E-state index contributed by atoms with van der Waals surface area (Å²) in [5, 5.41) is 7.57. The number of anilines is 1. The number of rotatable bonds is 6. The topological polar surface area (TPSA) is 73.8 Å². The van der Waals surface area contributed by atoms with E-state index in [9.17, 15) is 8.42 Å². The summed E-state index contributed by atoms with van der Waals surface area (Å²) >= 11 is 6.10. The Hall–Kier alpha value is -2.25. The summed E-state index contributed by atoms with van der Waals surface area (Å²) in [6.45, 7) is 2.58. The Morgan fingerprint density at radius 2 is 2.00 bits per heavy atom. The molecule has 0 aliphatic carbocycles. The van der Waals surface area contributed by atoms with E-state index in [0.717, 1.165) is 48.2 Å². The Bertz CT molecular complexity index is 961. The van der Waals surface area contributed by atoms with Crippen LogP contribution in [0.3, 0.4) is 0 Å². The molecule has 156 valence electrons. The van der Waals surface area contributed by atoms with E-state index in [1.54, 1.807) is 19.2 Å². The maximum atomic E-state index is 11.5. The SMILES string of the molecule is CN=C(NCCc1ccc(S(C)(=O)=O)cc1)NC1CCN(c2cccc(Cl)c2)C1. The van der Waals surface area contributed by atoms with Gasteiger partial charge in [0.2, 0.25) is 0 Å². The highest BCUT2D eigenvalue weighted by molar-refractivity contribution is 7.90. The van der Waals surface area contributed by atoms with Crippen molar-refractivity contribution in [2.45, 2.75) is 23.8 Å². The van der Waals surface area contributed by atoms with Crippen molar-refractivity contribution in [1.29, 1.82) is 0 Å². The third-order valence-corrected chi connectivity index (χ3v) is 6.35. The van der Waals surface area contributed by atoms with E-state index in [1.807, 2.05) is 30.3 Å². The molecule has 1 aliphatic rings. The van der Waals surface area contributed by atoms with Gasteiger partial charge in [-0.1, -0.05) is 29.8 Å². The highest BCUT2D eigenvalue weighted by atomic mass is 35.5. The molecule has 2 aromatic rings. The number of nitrogens with one attached hydrogen (secondary N) is 2. The molecule has 1 unspecified atom stereocenters. The van der Waals surface area contributed by atoms with Gasteiger partial charge in [0.15, 0.2) is 15.8 Å². The fourth-order valence-corrected chi connectivity index (χ4v) is 4.22. The van der Waals surface area contributed by atoms with E-state index in [4.69, 9.17) is 11.6 Å². The van der Waals surface area contributed by atoms with Crippen LogP contribution in [0.5, 0.6) is 0 Å². The number of hydrogen-bond acceptors (Lipinski definition) is 4. The van der Waals surface area contributed by atoms with Crippen molar-refractivity contribution in [3.63, 3.8) is 0 Å². The molecule has 0 amide bonds. The minimum absolute atomic E-state index is 0.314. The lowest BCUT2D eigenvalue weighted by Crippen LogP contribution is -2.45. The van der Waals surface area contributed by atoms with Gasteiger partial charge < -0.3 is 15.5 Å². The molecule has 1 aliphatic heterocycles. The molecule has 3 rings (SSSR count). The third kappa shape index (κ3) is 6.11. The molecular formula is C21H27ClN4O2S. The number of aliphatic imine (C=N–C) groups is 1. The lowest BCUT2D eigenvalue weighted by Gasteiger charge is -2.20. The van der Waals surface area contributed by atoms with Gasteiger partial charge in [0.1, 0.15) is 0 Å². The Balaban J connectivity index is 1.46. The standard InChI is InChI=1S/C21H27ClN4O2S/c1-23-21(24-12-10-16-6-8-20(9-7-16)29(2,27)28)25-18-11-13-26(15-18)19-5-3-4-17(22)14-19/h3-9,14,18H,10-13,15H2,1-2H3,(H2,23,24,25). The second-order valence-electron chi connectivity index (χ2n) is 7.22. The van der Waals surface area contributed by atoms with E-state index in [2.05, 4.69) is 26.6 Å². The Morgan fingerprint density at radius 3 is 2.66 bits per heavy atom. The van der Waals surface area contributed by atoms with Crippen molar-refractivity contribution in [3.05, 3.63) is 59.1 Å². The average Bonchev–Trinajstić information content (AvgIpc) is 3.15. The van der Waals surface area contributed by atoms with Crippen LogP contribution in [0, 0.1) is 0 Å². The Morgan fingerprint density at radius 1 is 1.24 bits per heavy atom. The molecule has 6 nitrogen and oxygen atoms in total. The largest absolute Gasteiger partial charge is 0.369 e. The number of hydrogen-bond donors (Lipinski definition) is 2. The zero-order valence-electron chi connectivity index (χ0n) is 16.7. The molecule has 1 saturated heterocycles. The van der Waals surface area contributed by atoms with Gasteiger partial charge in [0.25, 0.3) is 0 Å². The highest BCUT2D eigenvalue weighted by Gasteiger charge is 2.23. The predicted molar refractivity (Wildman–Crippen MR) is 120 cm³/mol. The number of nitrogens with zero attached hydrogens (tertiary/aromatic N) is 2. The third-order valence-electron chi connectivity index (χ3n) is 4.98. The second-order valence-corrected chi connectivity index (χ2v) is 9.67. The van der Waals surface area contributed by atoms with Crippen LogP contribution >= 0.6 is 11.6 Å². The van der Waals surface area contributed by atoms with Crippen molar-refractivity contribution in [2.75, 3.05) is 37.8 Å². The van der Waals surface area contributed by atoms with Crippen molar-refractivity contribution in [3.8, 4) is 0 Å². The summed E-state index contributed by atoms with van der Waals surface area (Å²) in [5.74, 6) is 0.774. The molecule has 0 saturated carbocycles. The van der Waals surface area contributed by atoms with Crippen LogP contribution in [-0.4, -0.2) is 53.4 Å². The van der Waals surface area contributed by atoms with E-state index in [-0.39, 0.29) is 0 Å². The molecule has 1 fully saturated rings. The minimum Gasteiger partial charge on any atom is -0.369 e. The number of guanidine groups is 1. The first-order valence-electron chi connectivity index (χ1n) is 9.62. The maximum absolute atomic E-state index is 11.5. The van der Waals surface area contributed by atoms with Crippen LogP contribution in [0.2, 0.25) is 5.02 Å². The first-order chi connectivity index (χ1) is 13.8. The molecule has 8 heteroatoms. The average molecular weight is 435 g/mol. The summed E-state index contributed by atoms with van der Waals surface area (Å²) in [5.41, 5.74) is 2.22. The van der Waals surface area contributed by atoms with E-state index in [1.165, 1.54) is 6.26 Å². The molecule has 0 aromatic heterocycles. The van der Waals surface area contributed by atoms with Crippen molar-refractivity contribution >= 4 is 33.1 Å². The fourth-order valence-electron chi connectivity index (χ4n) is 3.40.